The van der Waals surface area contributed by atoms with E-state index in [-0.39, 0.29) is 12.6 Å². The predicted octanol–water partition coefficient (Wildman–Crippen LogP) is 3.40. The second-order valence-corrected chi connectivity index (χ2v) is 5.42. The van der Waals surface area contributed by atoms with Crippen LogP contribution in [0, 0.1) is 0 Å². The Morgan fingerprint density at radius 1 is 1.53 bits per heavy atom. The van der Waals surface area contributed by atoms with Gasteiger partial charge in [0.1, 0.15) is 0 Å². The number of benzene rings is 1. The molecule has 0 aromatic heterocycles. The molecular formula is C12H15BrClNO2. The zero-order valence-corrected chi connectivity index (χ0v) is 12.1. The van der Waals surface area contributed by atoms with Crippen LogP contribution in [0.5, 0.6) is 0 Å². The first-order valence-electron chi connectivity index (χ1n) is 5.30. The van der Waals surface area contributed by atoms with Crippen molar-refractivity contribution in [1.29, 1.82) is 0 Å². The molecule has 0 aliphatic carbocycles. The van der Waals surface area contributed by atoms with Gasteiger partial charge < -0.3 is 5.11 Å². The van der Waals surface area contributed by atoms with Crippen molar-refractivity contribution in [3.63, 3.8) is 0 Å². The highest BCUT2D eigenvalue weighted by molar-refractivity contribution is 9.10. The van der Waals surface area contributed by atoms with Crippen LogP contribution in [-0.2, 0) is 11.3 Å². The summed E-state index contributed by atoms with van der Waals surface area (Å²) in [5.74, 6) is -0.822. The van der Waals surface area contributed by atoms with Crippen LogP contribution in [0.15, 0.2) is 22.7 Å². The van der Waals surface area contributed by atoms with Crippen molar-refractivity contribution >= 4 is 33.5 Å². The van der Waals surface area contributed by atoms with Gasteiger partial charge in [0.15, 0.2) is 0 Å². The van der Waals surface area contributed by atoms with E-state index in [1.807, 2.05) is 30.9 Å². The van der Waals surface area contributed by atoms with Gasteiger partial charge in [-0.25, -0.2) is 0 Å². The Balaban J connectivity index is 2.85. The van der Waals surface area contributed by atoms with E-state index < -0.39 is 5.97 Å². The molecule has 0 amide bonds. The molecule has 0 saturated heterocycles. The van der Waals surface area contributed by atoms with Crippen molar-refractivity contribution in [1.82, 2.24) is 4.90 Å². The van der Waals surface area contributed by atoms with Crippen LogP contribution in [0.2, 0.25) is 5.02 Å². The second kappa shape index (κ2) is 6.38. The van der Waals surface area contributed by atoms with Crippen LogP contribution < -0.4 is 0 Å². The van der Waals surface area contributed by atoms with Gasteiger partial charge in [-0.3, -0.25) is 9.69 Å². The molecule has 0 bridgehead atoms. The molecular weight excluding hydrogens is 305 g/mol. The van der Waals surface area contributed by atoms with E-state index in [9.17, 15) is 4.79 Å². The summed E-state index contributed by atoms with van der Waals surface area (Å²) in [6.45, 7) is 4.53. The highest BCUT2D eigenvalue weighted by atomic mass is 79.9. The number of halogens is 2. The third-order valence-electron chi connectivity index (χ3n) is 2.45. The van der Waals surface area contributed by atoms with Crippen LogP contribution in [0.3, 0.4) is 0 Å². The van der Waals surface area contributed by atoms with E-state index in [0.29, 0.717) is 11.6 Å². The Labute approximate surface area is 115 Å². The van der Waals surface area contributed by atoms with Crippen molar-refractivity contribution in [2.75, 3.05) is 6.54 Å². The molecule has 1 aromatic carbocycles. The number of hydrogen-bond acceptors (Lipinski definition) is 2. The molecule has 0 atom stereocenters. The van der Waals surface area contributed by atoms with E-state index in [0.717, 1.165) is 10.0 Å². The van der Waals surface area contributed by atoms with Crippen molar-refractivity contribution in [3.05, 3.63) is 33.3 Å². The van der Waals surface area contributed by atoms with Gasteiger partial charge in [0, 0.05) is 22.1 Å². The van der Waals surface area contributed by atoms with Gasteiger partial charge in [-0.15, -0.1) is 0 Å². The van der Waals surface area contributed by atoms with Crippen molar-refractivity contribution in [2.45, 2.75) is 26.4 Å². The quantitative estimate of drug-likeness (QED) is 0.904. The topological polar surface area (TPSA) is 40.5 Å². The summed E-state index contributed by atoms with van der Waals surface area (Å²) in [5.41, 5.74) is 0.993. The van der Waals surface area contributed by atoms with Crippen molar-refractivity contribution in [3.8, 4) is 0 Å². The normalized spacial score (nSPS) is 11.2. The van der Waals surface area contributed by atoms with Gasteiger partial charge in [-0.1, -0.05) is 27.5 Å². The predicted molar refractivity (Wildman–Crippen MR) is 72.3 cm³/mol. The summed E-state index contributed by atoms with van der Waals surface area (Å²) in [6, 6.07) is 5.68. The van der Waals surface area contributed by atoms with Gasteiger partial charge in [-0.2, -0.15) is 0 Å². The summed E-state index contributed by atoms with van der Waals surface area (Å²) >= 11 is 9.37. The minimum atomic E-state index is -0.822. The highest BCUT2D eigenvalue weighted by Crippen LogP contribution is 2.23. The lowest BCUT2D eigenvalue weighted by Crippen LogP contribution is -2.35. The molecule has 1 N–H and O–H groups in total. The molecule has 0 heterocycles. The van der Waals surface area contributed by atoms with Gasteiger partial charge in [0.2, 0.25) is 0 Å². The Morgan fingerprint density at radius 2 is 2.18 bits per heavy atom. The Bertz CT molecular complexity index is 409. The van der Waals surface area contributed by atoms with Crippen LogP contribution in [0.25, 0.3) is 0 Å². The van der Waals surface area contributed by atoms with E-state index in [4.69, 9.17) is 16.7 Å². The van der Waals surface area contributed by atoms with E-state index in [2.05, 4.69) is 15.9 Å². The van der Waals surface area contributed by atoms with Crippen molar-refractivity contribution < 1.29 is 9.90 Å². The average molecular weight is 321 g/mol. The average Bonchev–Trinajstić information content (AvgIpc) is 2.21. The molecule has 0 radical (unpaired) electrons. The van der Waals surface area contributed by atoms with Crippen LogP contribution in [-0.4, -0.2) is 28.6 Å². The van der Waals surface area contributed by atoms with Crippen molar-refractivity contribution in [2.24, 2.45) is 0 Å². The first-order chi connectivity index (χ1) is 7.90. The maximum absolute atomic E-state index is 10.8. The van der Waals surface area contributed by atoms with Gasteiger partial charge in [0.25, 0.3) is 0 Å². The molecule has 0 aliphatic rings. The maximum atomic E-state index is 10.8. The molecule has 5 heteroatoms. The lowest BCUT2D eigenvalue weighted by Gasteiger charge is -2.25. The number of aliphatic carboxylic acids is 1. The highest BCUT2D eigenvalue weighted by Gasteiger charge is 2.15. The fraction of sp³-hybridized carbons (Fsp3) is 0.417. The minimum absolute atomic E-state index is 0.0244. The molecule has 1 rings (SSSR count). The first-order valence-corrected chi connectivity index (χ1v) is 6.47. The zero-order chi connectivity index (χ0) is 13.0. The van der Waals surface area contributed by atoms with E-state index >= 15 is 0 Å². The summed E-state index contributed by atoms with van der Waals surface area (Å²) < 4.78 is 0.943. The molecule has 1 aromatic rings. The third-order valence-corrected chi connectivity index (χ3v) is 3.46. The molecule has 3 nitrogen and oxygen atoms in total. The molecule has 0 unspecified atom stereocenters. The Morgan fingerprint density at radius 3 is 2.71 bits per heavy atom. The van der Waals surface area contributed by atoms with Gasteiger partial charge in [0.05, 0.1) is 6.54 Å². The van der Waals surface area contributed by atoms with Crippen LogP contribution >= 0.6 is 27.5 Å². The molecule has 0 spiro atoms. The summed E-state index contributed by atoms with van der Waals surface area (Å²) in [4.78, 5) is 12.7. The summed E-state index contributed by atoms with van der Waals surface area (Å²) in [6.07, 6.45) is 0. The fourth-order valence-corrected chi connectivity index (χ4v) is 2.04. The molecule has 0 aliphatic heterocycles. The number of rotatable bonds is 5. The monoisotopic (exact) mass is 319 g/mol. The Hall–Kier alpha value is -0.580. The largest absolute Gasteiger partial charge is 0.480 e. The van der Waals surface area contributed by atoms with Gasteiger partial charge >= 0.3 is 5.97 Å². The number of hydrogen-bond donors (Lipinski definition) is 1. The fourth-order valence-electron chi connectivity index (χ4n) is 1.48. The number of nitrogens with zero attached hydrogens (tertiary/aromatic N) is 1. The molecule has 0 saturated carbocycles. The standard InChI is InChI=1S/C12H15BrClNO2/c1-8(2)15(7-12(16)17)6-9-5-10(14)3-4-11(9)13/h3-5,8H,6-7H2,1-2H3,(H,16,17). The van der Waals surface area contributed by atoms with Gasteiger partial charge in [-0.05, 0) is 37.6 Å². The minimum Gasteiger partial charge on any atom is -0.480 e. The second-order valence-electron chi connectivity index (χ2n) is 4.13. The first kappa shape index (κ1) is 14.5. The molecule has 94 valence electrons. The Kier molecular flexibility index (Phi) is 5.43. The maximum Gasteiger partial charge on any atom is 0.317 e. The van der Waals surface area contributed by atoms with Crippen LogP contribution in [0.1, 0.15) is 19.4 Å². The smallest absolute Gasteiger partial charge is 0.317 e. The lowest BCUT2D eigenvalue weighted by molar-refractivity contribution is -0.138. The molecule has 17 heavy (non-hydrogen) atoms. The lowest BCUT2D eigenvalue weighted by atomic mass is 10.2. The summed E-state index contributed by atoms with van der Waals surface area (Å²) in [7, 11) is 0. The van der Waals surface area contributed by atoms with E-state index in [1.54, 1.807) is 6.07 Å². The SMILES string of the molecule is CC(C)N(CC(=O)O)Cc1cc(Cl)ccc1Br. The van der Waals surface area contributed by atoms with Crippen LogP contribution in [0.4, 0.5) is 0 Å². The molecule has 0 fully saturated rings. The number of carboxylic acid groups (broad SMARTS) is 1. The number of carbonyl (C=O) groups is 1. The third kappa shape index (κ3) is 4.66. The van der Waals surface area contributed by atoms with E-state index in [1.165, 1.54) is 0 Å². The summed E-state index contributed by atoms with van der Waals surface area (Å²) in [5, 5.41) is 9.51. The zero-order valence-electron chi connectivity index (χ0n) is 9.78. The number of carboxylic acids is 1.